The molecule has 0 aliphatic carbocycles. The van der Waals surface area contributed by atoms with Crippen molar-refractivity contribution in [3.8, 4) is 12.3 Å². The van der Waals surface area contributed by atoms with Gasteiger partial charge in [-0.1, -0.05) is 17.3 Å². The quantitative estimate of drug-likeness (QED) is 0.392. The van der Waals surface area contributed by atoms with Crippen LogP contribution in [0.25, 0.3) is 10.2 Å². The molecular weight excluding hydrogens is 364 g/mol. The summed E-state index contributed by atoms with van der Waals surface area (Å²) >= 11 is 1.10. The SMILES string of the molecule is C#CCn1c(=NC(=O)c2ccc([N+](=O)[O-])o2)sc2ccc([N+](=O)[O-])cc21. The Hall–Kier alpha value is -3.78. The number of carbonyl (C=O) groups excluding carboxylic acids is 1. The maximum absolute atomic E-state index is 12.2. The number of amides is 1. The normalized spacial score (nSPS) is 11.4. The Morgan fingerprint density at radius 2 is 2.04 bits per heavy atom. The molecule has 0 aliphatic rings. The Bertz CT molecular complexity index is 1160. The van der Waals surface area contributed by atoms with E-state index in [1.165, 1.54) is 22.8 Å². The monoisotopic (exact) mass is 372 g/mol. The largest absolute Gasteiger partial charge is 0.433 e. The molecule has 130 valence electrons. The predicted octanol–water partition coefficient (Wildman–Crippen LogP) is 2.49. The molecule has 0 saturated carbocycles. The van der Waals surface area contributed by atoms with Gasteiger partial charge in [0.15, 0.2) is 4.80 Å². The van der Waals surface area contributed by atoms with Crippen LogP contribution in [0.4, 0.5) is 11.6 Å². The third-order valence-corrected chi connectivity index (χ3v) is 4.36. The van der Waals surface area contributed by atoms with Crippen molar-refractivity contribution in [3.05, 3.63) is 61.1 Å². The van der Waals surface area contributed by atoms with Crippen molar-refractivity contribution in [1.82, 2.24) is 4.57 Å². The summed E-state index contributed by atoms with van der Waals surface area (Å²) in [6, 6.07) is 6.40. The van der Waals surface area contributed by atoms with Crippen LogP contribution in [-0.2, 0) is 6.54 Å². The summed E-state index contributed by atoms with van der Waals surface area (Å²) in [6.45, 7) is 0.0333. The number of carbonyl (C=O) groups is 1. The van der Waals surface area contributed by atoms with Gasteiger partial charge in [-0.2, -0.15) is 4.99 Å². The van der Waals surface area contributed by atoms with Gasteiger partial charge >= 0.3 is 11.8 Å². The number of non-ortho nitro benzene ring substituents is 1. The molecule has 1 amide bonds. The molecule has 1 aromatic carbocycles. The Morgan fingerprint density at radius 3 is 2.65 bits per heavy atom. The molecule has 0 fully saturated rings. The summed E-state index contributed by atoms with van der Waals surface area (Å²) in [5.74, 6) is 0.695. The van der Waals surface area contributed by atoms with E-state index >= 15 is 0 Å². The maximum Gasteiger partial charge on any atom is 0.433 e. The lowest BCUT2D eigenvalue weighted by molar-refractivity contribution is -0.402. The highest BCUT2D eigenvalue weighted by Gasteiger charge is 2.18. The van der Waals surface area contributed by atoms with Crippen molar-refractivity contribution in [1.29, 1.82) is 0 Å². The summed E-state index contributed by atoms with van der Waals surface area (Å²) in [4.78, 5) is 36.6. The molecule has 0 aliphatic heterocycles. The highest BCUT2D eigenvalue weighted by molar-refractivity contribution is 7.16. The first kappa shape index (κ1) is 17.1. The molecule has 2 heterocycles. The minimum absolute atomic E-state index is 0.0333. The smallest absolute Gasteiger partial charge is 0.395 e. The standard InChI is InChI=1S/C15H8N4O6S/c1-2-7-17-10-8-9(18(21)22)3-5-12(10)26-15(17)16-14(20)11-4-6-13(25-11)19(23)24/h1,3-6,8H,7H2. The first-order chi connectivity index (χ1) is 12.4. The second-order valence-corrected chi connectivity index (χ2v) is 5.91. The van der Waals surface area contributed by atoms with E-state index < -0.39 is 21.6 Å². The summed E-state index contributed by atoms with van der Waals surface area (Å²) in [7, 11) is 0. The van der Waals surface area contributed by atoms with E-state index in [0.29, 0.717) is 10.2 Å². The number of aromatic nitrogens is 1. The van der Waals surface area contributed by atoms with E-state index in [4.69, 9.17) is 10.8 Å². The molecule has 0 atom stereocenters. The number of terminal acetylenes is 1. The summed E-state index contributed by atoms with van der Waals surface area (Å²) in [6.07, 6.45) is 5.34. The summed E-state index contributed by atoms with van der Waals surface area (Å²) in [5, 5.41) is 21.6. The number of thiazole rings is 1. The van der Waals surface area contributed by atoms with E-state index in [2.05, 4.69) is 10.9 Å². The zero-order valence-electron chi connectivity index (χ0n) is 12.8. The molecule has 3 aromatic rings. The molecular formula is C15H8N4O6S. The van der Waals surface area contributed by atoms with E-state index in [9.17, 15) is 25.0 Å². The second kappa shape index (κ2) is 6.61. The molecule has 0 bridgehead atoms. The van der Waals surface area contributed by atoms with Crippen LogP contribution in [0.2, 0.25) is 0 Å². The second-order valence-electron chi connectivity index (χ2n) is 4.90. The lowest BCUT2D eigenvalue weighted by Gasteiger charge is -1.99. The van der Waals surface area contributed by atoms with E-state index in [1.54, 1.807) is 0 Å². The van der Waals surface area contributed by atoms with Crippen LogP contribution in [-0.4, -0.2) is 20.3 Å². The van der Waals surface area contributed by atoms with E-state index in [-0.39, 0.29) is 22.8 Å². The van der Waals surface area contributed by atoms with Crippen LogP contribution in [0, 0.1) is 32.6 Å². The van der Waals surface area contributed by atoms with Crippen molar-refractivity contribution >= 4 is 39.0 Å². The first-order valence-electron chi connectivity index (χ1n) is 6.95. The van der Waals surface area contributed by atoms with Crippen molar-refractivity contribution in [2.45, 2.75) is 6.54 Å². The molecule has 26 heavy (non-hydrogen) atoms. The number of nitro benzene ring substituents is 1. The predicted molar refractivity (Wildman–Crippen MR) is 90.6 cm³/mol. The topological polar surface area (TPSA) is 134 Å². The highest BCUT2D eigenvalue weighted by Crippen LogP contribution is 2.23. The van der Waals surface area contributed by atoms with Gasteiger partial charge in [0.1, 0.15) is 4.92 Å². The fourth-order valence-electron chi connectivity index (χ4n) is 2.18. The summed E-state index contributed by atoms with van der Waals surface area (Å²) < 4.78 is 6.94. The highest BCUT2D eigenvalue weighted by atomic mass is 32.1. The lowest BCUT2D eigenvalue weighted by Crippen LogP contribution is -2.16. The zero-order chi connectivity index (χ0) is 18.8. The number of rotatable bonds is 4. The Morgan fingerprint density at radius 1 is 1.27 bits per heavy atom. The average molecular weight is 372 g/mol. The van der Waals surface area contributed by atoms with Gasteiger partial charge in [-0.3, -0.25) is 25.0 Å². The van der Waals surface area contributed by atoms with Crippen LogP contribution in [0.1, 0.15) is 10.6 Å². The fourth-order valence-corrected chi connectivity index (χ4v) is 3.19. The Balaban J connectivity index is 2.13. The van der Waals surface area contributed by atoms with Crippen LogP contribution < -0.4 is 4.80 Å². The van der Waals surface area contributed by atoms with Gasteiger partial charge in [-0.15, -0.1) is 6.42 Å². The number of fused-ring (bicyclic) bond motifs is 1. The summed E-state index contributed by atoms with van der Waals surface area (Å²) in [5.41, 5.74) is 0.333. The molecule has 0 spiro atoms. The zero-order valence-corrected chi connectivity index (χ0v) is 13.6. The number of nitro groups is 2. The van der Waals surface area contributed by atoms with Crippen LogP contribution in [0.3, 0.4) is 0 Å². The molecule has 11 heteroatoms. The number of benzene rings is 1. The molecule has 3 rings (SSSR count). The van der Waals surface area contributed by atoms with Gasteiger partial charge in [0, 0.05) is 12.1 Å². The van der Waals surface area contributed by atoms with Crippen LogP contribution in [0.5, 0.6) is 0 Å². The van der Waals surface area contributed by atoms with Crippen molar-refractivity contribution in [3.63, 3.8) is 0 Å². The molecule has 0 radical (unpaired) electrons. The fraction of sp³-hybridized carbons (Fsp3) is 0.0667. The van der Waals surface area contributed by atoms with Crippen LogP contribution >= 0.6 is 11.3 Å². The maximum atomic E-state index is 12.2. The number of nitrogens with zero attached hydrogens (tertiary/aromatic N) is 4. The number of hydrogen-bond acceptors (Lipinski definition) is 7. The minimum Gasteiger partial charge on any atom is -0.395 e. The van der Waals surface area contributed by atoms with E-state index in [0.717, 1.165) is 23.5 Å². The van der Waals surface area contributed by atoms with Gasteiger partial charge in [0.05, 0.1) is 27.8 Å². The van der Waals surface area contributed by atoms with Gasteiger partial charge in [0.2, 0.25) is 5.76 Å². The molecule has 0 unspecified atom stereocenters. The minimum atomic E-state index is -0.829. The first-order valence-corrected chi connectivity index (χ1v) is 7.77. The lowest BCUT2D eigenvalue weighted by atomic mass is 10.3. The van der Waals surface area contributed by atoms with Crippen LogP contribution in [0.15, 0.2) is 39.7 Å². The molecule has 2 aromatic heterocycles. The van der Waals surface area contributed by atoms with Gasteiger partial charge in [-0.05, 0) is 12.1 Å². The number of furan rings is 1. The van der Waals surface area contributed by atoms with Crippen molar-refractivity contribution < 1.29 is 19.1 Å². The molecule has 0 saturated heterocycles. The van der Waals surface area contributed by atoms with E-state index in [1.807, 2.05) is 0 Å². The van der Waals surface area contributed by atoms with Gasteiger partial charge in [-0.25, -0.2) is 0 Å². The third-order valence-electron chi connectivity index (χ3n) is 3.31. The molecule has 0 N–H and O–H groups in total. The number of hydrogen-bond donors (Lipinski definition) is 0. The van der Waals surface area contributed by atoms with Crippen molar-refractivity contribution in [2.75, 3.05) is 0 Å². The van der Waals surface area contributed by atoms with Gasteiger partial charge in [0.25, 0.3) is 5.69 Å². The Kier molecular flexibility index (Phi) is 4.34. The molecule has 10 nitrogen and oxygen atoms in total. The van der Waals surface area contributed by atoms with Crippen molar-refractivity contribution in [2.24, 2.45) is 4.99 Å². The third kappa shape index (κ3) is 3.08. The Labute approximate surface area is 148 Å². The average Bonchev–Trinajstić information content (AvgIpc) is 3.21. The van der Waals surface area contributed by atoms with Gasteiger partial charge < -0.3 is 8.98 Å².